The largest absolute Gasteiger partial charge is 0.497 e. The van der Waals surface area contributed by atoms with E-state index in [0.29, 0.717) is 23.6 Å². The SMILES string of the molecule is COc1ccc(OC)c(NC(=O)[C@@H]2C[C@@H](CCSC)N[C@@]23C(=O)Nc2ccc(Br)cc23)c1. The Morgan fingerprint density at radius 1 is 1.25 bits per heavy atom. The molecule has 170 valence electrons. The molecule has 2 amide bonds. The molecule has 1 saturated heterocycles. The normalized spacial score (nSPS) is 23.7. The maximum atomic E-state index is 13.7. The summed E-state index contributed by atoms with van der Waals surface area (Å²) in [7, 11) is 3.12. The van der Waals surface area contributed by atoms with Gasteiger partial charge in [-0.1, -0.05) is 15.9 Å². The number of nitrogens with one attached hydrogen (secondary N) is 3. The van der Waals surface area contributed by atoms with Crippen LogP contribution in [0.25, 0.3) is 0 Å². The van der Waals surface area contributed by atoms with Crippen molar-refractivity contribution in [2.45, 2.75) is 24.4 Å². The zero-order valence-electron chi connectivity index (χ0n) is 18.2. The van der Waals surface area contributed by atoms with Crippen LogP contribution in [0.4, 0.5) is 11.4 Å². The fourth-order valence-corrected chi connectivity index (χ4v) is 5.49. The van der Waals surface area contributed by atoms with Gasteiger partial charge in [0.15, 0.2) is 0 Å². The smallest absolute Gasteiger partial charge is 0.250 e. The van der Waals surface area contributed by atoms with Gasteiger partial charge in [0.25, 0.3) is 0 Å². The molecule has 4 rings (SSSR count). The van der Waals surface area contributed by atoms with Crippen molar-refractivity contribution in [1.29, 1.82) is 0 Å². The summed E-state index contributed by atoms with van der Waals surface area (Å²) in [6.45, 7) is 0. The number of benzene rings is 2. The van der Waals surface area contributed by atoms with E-state index in [4.69, 9.17) is 9.47 Å². The summed E-state index contributed by atoms with van der Waals surface area (Å²) >= 11 is 5.27. The Morgan fingerprint density at radius 3 is 2.78 bits per heavy atom. The van der Waals surface area contributed by atoms with Crippen molar-refractivity contribution >= 4 is 50.9 Å². The number of hydrogen-bond acceptors (Lipinski definition) is 6. The fraction of sp³-hybridized carbons (Fsp3) is 0.391. The molecular weight excluding hydrogens is 494 g/mol. The molecule has 0 aromatic heterocycles. The number of carbonyl (C=O) groups excluding carboxylic acids is 2. The van der Waals surface area contributed by atoms with Crippen molar-refractivity contribution in [3.63, 3.8) is 0 Å². The van der Waals surface area contributed by atoms with Crippen LogP contribution >= 0.6 is 27.7 Å². The average molecular weight is 520 g/mol. The molecule has 3 N–H and O–H groups in total. The number of carbonyl (C=O) groups is 2. The van der Waals surface area contributed by atoms with Gasteiger partial charge in [-0.2, -0.15) is 11.8 Å². The Morgan fingerprint density at radius 2 is 2.06 bits per heavy atom. The zero-order chi connectivity index (χ0) is 22.9. The summed E-state index contributed by atoms with van der Waals surface area (Å²) in [6, 6.07) is 10.9. The molecule has 2 aromatic rings. The van der Waals surface area contributed by atoms with Gasteiger partial charge < -0.3 is 20.1 Å². The molecule has 2 heterocycles. The van der Waals surface area contributed by atoms with E-state index in [-0.39, 0.29) is 17.9 Å². The molecular formula is C23H26BrN3O4S. The lowest BCUT2D eigenvalue weighted by molar-refractivity contribution is -0.130. The molecule has 9 heteroatoms. The predicted molar refractivity (Wildman–Crippen MR) is 131 cm³/mol. The molecule has 1 spiro atoms. The lowest BCUT2D eigenvalue weighted by Crippen LogP contribution is -2.52. The van der Waals surface area contributed by atoms with Crippen molar-refractivity contribution in [3.05, 3.63) is 46.4 Å². The molecule has 7 nitrogen and oxygen atoms in total. The number of anilines is 2. The lowest BCUT2D eigenvalue weighted by atomic mass is 9.79. The van der Waals surface area contributed by atoms with Gasteiger partial charge in [0.05, 0.1) is 25.8 Å². The summed E-state index contributed by atoms with van der Waals surface area (Å²) in [5, 5.41) is 9.50. The van der Waals surface area contributed by atoms with Gasteiger partial charge in [0.1, 0.15) is 17.0 Å². The topological polar surface area (TPSA) is 88.7 Å². The van der Waals surface area contributed by atoms with Gasteiger partial charge in [0.2, 0.25) is 11.8 Å². The van der Waals surface area contributed by atoms with Gasteiger partial charge in [-0.15, -0.1) is 0 Å². The van der Waals surface area contributed by atoms with Crippen LogP contribution in [0.2, 0.25) is 0 Å². The van der Waals surface area contributed by atoms with Crippen LogP contribution in [-0.2, 0) is 15.1 Å². The molecule has 0 unspecified atom stereocenters. The minimum atomic E-state index is -1.13. The first-order chi connectivity index (χ1) is 15.4. The summed E-state index contributed by atoms with van der Waals surface area (Å²) < 4.78 is 11.6. The van der Waals surface area contributed by atoms with Gasteiger partial charge in [-0.05, 0) is 55.2 Å². The highest BCUT2D eigenvalue weighted by molar-refractivity contribution is 9.10. The van der Waals surface area contributed by atoms with Crippen LogP contribution < -0.4 is 25.4 Å². The van der Waals surface area contributed by atoms with E-state index < -0.39 is 11.5 Å². The maximum absolute atomic E-state index is 13.7. The monoisotopic (exact) mass is 519 g/mol. The highest BCUT2D eigenvalue weighted by Gasteiger charge is 2.60. The third kappa shape index (κ3) is 3.97. The quantitative estimate of drug-likeness (QED) is 0.512. The zero-order valence-corrected chi connectivity index (χ0v) is 20.6. The van der Waals surface area contributed by atoms with E-state index in [9.17, 15) is 9.59 Å². The first-order valence-electron chi connectivity index (χ1n) is 10.3. The number of rotatable bonds is 7. The third-order valence-electron chi connectivity index (χ3n) is 6.14. The number of fused-ring (bicyclic) bond motifs is 2. The van der Waals surface area contributed by atoms with Crippen molar-refractivity contribution in [2.24, 2.45) is 5.92 Å². The second-order valence-corrected chi connectivity index (χ2v) is 9.82. The Balaban J connectivity index is 1.72. The highest BCUT2D eigenvalue weighted by Crippen LogP contribution is 2.48. The van der Waals surface area contributed by atoms with Gasteiger partial charge >= 0.3 is 0 Å². The van der Waals surface area contributed by atoms with Crippen LogP contribution in [0.1, 0.15) is 18.4 Å². The van der Waals surface area contributed by atoms with Crippen LogP contribution in [0, 0.1) is 5.92 Å². The Hall–Kier alpha value is -2.23. The highest BCUT2D eigenvalue weighted by atomic mass is 79.9. The Bertz CT molecular complexity index is 1050. The van der Waals surface area contributed by atoms with E-state index >= 15 is 0 Å². The maximum Gasteiger partial charge on any atom is 0.250 e. The molecule has 32 heavy (non-hydrogen) atoms. The third-order valence-corrected chi connectivity index (χ3v) is 7.28. The molecule has 1 fully saturated rings. The van der Waals surface area contributed by atoms with E-state index in [1.807, 2.05) is 18.2 Å². The standard InChI is InChI=1S/C23H26BrN3O4S/c1-30-15-5-7-20(31-2)19(12-15)25-21(28)17-11-14(8-9-32-3)27-23(17)16-10-13(24)4-6-18(16)26-22(23)29/h4-7,10,12,14,17,27H,8-9,11H2,1-3H3,(H,25,28)(H,26,29)/t14-,17+,23-/m1/s1. The van der Waals surface area contributed by atoms with Crippen molar-refractivity contribution in [1.82, 2.24) is 5.32 Å². The van der Waals surface area contributed by atoms with Crippen LogP contribution in [0.5, 0.6) is 11.5 Å². The predicted octanol–water partition coefficient (Wildman–Crippen LogP) is 3.98. The molecule has 0 bridgehead atoms. The molecule has 0 aliphatic carbocycles. The van der Waals surface area contributed by atoms with Crippen molar-refractivity contribution < 1.29 is 19.1 Å². The summed E-state index contributed by atoms with van der Waals surface area (Å²) in [5.74, 6) is 1.04. The Kier molecular flexibility index (Phi) is 6.69. The summed E-state index contributed by atoms with van der Waals surface area (Å²) in [4.78, 5) is 27.0. The number of thioether (sulfide) groups is 1. The molecule has 2 aliphatic heterocycles. The second kappa shape index (κ2) is 9.33. The molecule has 0 radical (unpaired) electrons. The molecule has 2 aliphatic rings. The summed E-state index contributed by atoms with van der Waals surface area (Å²) in [5.41, 5.74) is 0.903. The number of hydrogen-bond donors (Lipinski definition) is 3. The van der Waals surface area contributed by atoms with Gasteiger partial charge in [-0.3, -0.25) is 14.9 Å². The first-order valence-corrected chi connectivity index (χ1v) is 12.5. The van der Waals surface area contributed by atoms with Crippen LogP contribution in [0.3, 0.4) is 0 Å². The van der Waals surface area contributed by atoms with Gasteiger partial charge in [-0.25, -0.2) is 0 Å². The summed E-state index contributed by atoms with van der Waals surface area (Å²) in [6.07, 6.45) is 3.47. The fourth-order valence-electron chi connectivity index (χ4n) is 4.61. The van der Waals surface area contributed by atoms with E-state index in [1.165, 1.54) is 0 Å². The first kappa shape index (κ1) is 22.9. The molecule has 3 atom stereocenters. The Labute approximate surface area is 200 Å². The molecule has 0 saturated carbocycles. The number of methoxy groups -OCH3 is 2. The second-order valence-electron chi connectivity index (χ2n) is 7.92. The van der Waals surface area contributed by atoms with Crippen molar-refractivity contribution in [3.8, 4) is 11.5 Å². The average Bonchev–Trinajstić information content (AvgIpc) is 3.31. The van der Waals surface area contributed by atoms with Crippen molar-refractivity contribution in [2.75, 3.05) is 36.9 Å². The van der Waals surface area contributed by atoms with E-state index in [2.05, 4.69) is 38.1 Å². The van der Waals surface area contributed by atoms with E-state index in [0.717, 1.165) is 27.9 Å². The van der Waals surface area contributed by atoms with Crippen LogP contribution in [-0.4, -0.2) is 44.1 Å². The lowest BCUT2D eigenvalue weighted by Gasteiger charge is -2.29. The van der Waals surface area contributed by atoms with E-state index in [1.54, 1.807) is 44.2 Å². The molecule has 2 aromatic carbocycles. The number of ether oxygens (including phenoxy) is 2. The minimum absolute atomic E-state index is 0.0427. The number of amides is 2. The number of halogens is 1. The van der Waals surface area contributed by atoms with Crippen LogP contribution in [0.15, 0.2) is 40.9 Å². The van der Waals surface area contributed by atoms with Gasteiger partial charge in [0, 0.05) is 27.8 Å². The minimum Gasteiger partial charge on any atom is -0.497 e.